The molecule has 0 radical (unpaired) electrons. The summed E-state index contributed by atoms with van der Waals surface area (Å²) in [5.74, 6) is 0.553. The maximum absolute atomic E-state index is 13.2. The van der Waals surface area contributed by atoms with Crippen LogP contribution in [-0.4, -0.2) is 68.5 Å². The van der Waals surface area contributed by atoms with E-state index in [1.807, 2.05) is 30.7 Å². The molecule has 2 aliphatic carbocycles. The number of nitrogens with one attached hydrogen (secondary N) is 3. The van der Waals surface area contributed by atoms with E-state index in [9.17, 15) is 4.79 Å². The van der Waals surface area contributed by atoms with Crippen molar-refractivity contribution in [2.75, 3.05) is 19.0 Å². The SMILES string of the molecule is CCO[C@H]1CC[C@@H](Nc2ncc3c(-c4ccn5ncc(C(=O)N[C@H]6CC[C@H](OC)CC6)c5c4)c[nH]c3n2)CC1. The van der Waals surface area contributed by atoms with Crippen LogP contribution in [0.15, 0.2) is 36.9 Å². The van der Waals surface area contributed by atoms with Crippen LogP contribution in [0.3, 0.4) is 0 Å². The van der Waals surface area contributed by atoms with E-state index >= 15 is 0 Å². The van der Waals surface area contributed by atoms with Crippen molar-refractivity contribution >= 4 is 28.4 Å². The number of hydrogen-bond acceptors (Lipinski definition) is 7. The molecule has 2 aliphatic rings. The number of aromatic amines is 1. The third kappa shape index (κ3) is 5.49. The fourth-order valence-corrected chi connectivity index (χ4v) is 6.04. The highest BCUT2D eigenvalue weighted by atomic mass is 16.5. The smallest absolute Gasteiger partial charge is 0.255 e. The number of hydrogen-bond donors (Lipinski definition) is 3. The highest BCUT2D eigenvalue weighted by Gasteiger charge is 2.24. The molecule has 2 fully saturated rings. The molecule has 10 heteroatoms. The molecule has 206 valence electrons. The molecule has 0 spiro atoms. The van der Waals surface area contributed by atoms with Crippen molar-refractivity contribution in [2.45, 2.75) is 82.6 Å². The molecule has 0 aromatic carbocycles. The first-order valence-corrected chi connectivity index (χ1v) is 14.1. The van der Waals surface area contributed by atoms with E-state index in [1.54, 1.807) is 17.8 Å². The van der Waals surface area contributed by atoms with Crippen molar-refractivity contribution in [3.63, 3.8) is 0 Å². The average Bonchev–Trinajstić information content (AvgIpc) is 3.58. The minimum Gasteiger partial charge on any atom is -0.381 e. The summed E-state index contributed by atoms with van der Waals surface area (Å²) >= 11 is 0. The Morgan fingerprint density at radius 3 is 2.62 bits per heavy atom. The summed E-state index contributed by atoms with van der Waals surface area (Å²) in [5.41, 5.74) is 4.09. The van der Waals surface area contributed by atoms with Gasteiger partial charge in [-0.25, -0.2) is 9.50 Å². The van der Waals surface area contributed by atoms with Crippen LogP contribution in [0, 0.1) is 0 Å². The van der Waals surface area contributed by atoms with Crippen LogP contribution in [0.5, 0.6) is 0 Å². The van der Waals surface area contributed by atoms with Gasteiger partial charge < -0.3 is 25.1 Å². The highest BCUT2D eigenvalue weighted by Crippen LogP contribution is 2.30. The van der Waals surface area contributed by atoms with Gasteiger partial charge in [-0.05, 0) is 76.0 Å². The fourth-order valence-electron chi connectivity index (χ4n) is 6.04. The van der Waals surface area contributed by atoms with E-state index in [4.69, 9.17) is 14.5 Å². The summed E-state index contributed by atoms with van der Waals surface area (Å²) in [6, 6.07) is 4.53. The largest absolute Gasteiger partial charge is 0.381 e. The Morgan fingerprint density at radius 1 is 1.08 bits per heavy atom. The standard InChI is InChI=1S/C29H37N7O3/c1-3-39-22-10-6-20(7-11-22)34-29-31-16-24-23(15-30-27(24)35-29)18-12-13-36-26(14-18)25(17-32-36)28(37)33-19-4-8-21(38-2)9-5-19/h12-17,19-22H,3-11H2,1-2H3,(H,33,37)(H2,30,31,34,35)/t19-,20-,21-,22+. The number of methoxy groups -OCH3 is 1. The third-order valence-electron chi connectivity index (χ3n) is 8.26. The molecule has 6 rings (SSSR count). The Balaban J connectivity index is 1.17. The van der Waals surface area contributed by atoms with Crippen molar-refractivity contribution in [1.29, 1.82) is 0 Å². The summed E-state index contributed by atoms with van der Waals surface area (Å²) in [5, 5.41) is 12.1. The minimum atomic E-state index is -0.0868. The molecule has 0 aliphatic heterocycles. The number of ether oxygens (including phenoxy) is 2. The quantitative estimate of drug-likeness (QED) is 0.301. The molecule has 1 amide bonds. The van der Waals surface area contributed by atoms with E-state index < -0.39 is 0 Å². The van der Waals surface area contributed by atoms with E-state index in [-0.39, 0.29) is 11.9 Å². The van der Waals surface area contributed by atoms with Crippen molar-refractivity contribution in [3.05, 3.63) is 42.5 Å². The molecule has 4 aromatic heterocycles. The Labute approximate surface area is 227 Å². The van der Waals surface area contributed by atoms with Crippen LogP contribution in [0.4, 0.5) is 5.95 Å². The molecule has 3 N–H and O–H groups in total. The summed E-state index contributed by atoms with van der Waals surface area (Å²) < 4.78 is 13.0. The summed E-state index contributed by atoms with van der Waals surface area (Å²) in [4.78, 5) is 25.8. The minimum absolute atomic E-state index is 0.0868. The Morgan fingerprint density at radius 2 is 1.85 bits per heavy atom. The van der Waals surface area contributed by atoms with Crippen LogP contribution in [0.1, 0.15) is 68.6 Å². The van der Waals surface area contributed by atoms with Gasteiger partial charge in [0.1, 0.15) is 5.65 Å². The lowest BCUT2D eigenvalue weighted by Gasteiger charge is -2.28. The normalized spacial score (nSPS) is 23.7. The predicted octanol–water partition coefficient (Wildman–Crippen LogP) is 4.72. The number of carbonyl (C=O) groups is 1. The lowest BCUT2D eigenvalue weighted by atomic mass is 9.93. The fraction of sp³-hybridized carbons (Fsp3) is 0.517. The van der Waals surface area contributed by atoms with Gasteiger partial charge in [0.05, 0.1) is 29.5 Å². The van der Waals surface area contributed by atoms with E-state index in [0.29, 0.717) is 29.8 Å². The van der Waals surface area contributed by atoms with Gasteiger partial charge in [-0.3, -0.25) is 4.79 Å². The average molecular weight is 532 g/mol. The maximum atomic E-state index is 13.2. The van der Waals surface area contributed by atoms with Gasteiger partial charge in [-0.15, -0.1) is 0 Å². The number of rotatable bonds is 8. The second-order valence-electron chi connectivity index (χ2n) is 10.7. The van der Waals surface area contributed by atoms with Crippen molar-refractivity contribution in [1.82, 2.24) is 29.9 Å². The molecular weight excluding hydrogens is 494 g/mol. The van der Waals surface area contributed by atoms with E-state index in [0.717, 1.165) is 85.7 Å². The maximum Gasteiger partial charge on any atom is 0.255 e. The summed E-state index contributed by atoms with van der Waals surface area (Å²) in [7, 11) is 1.76. The summed E-state index contributed by atoms with van der Waals surface area (Å²) in [6.07, 6.45) is 16.0. The van der Waals surface area contributed by atoms with Gasteiger partial charge in [0.25, 0.3) is 5.91 Å². The van der Waals surface area contributed by atoms with Gasteiger partial charge in [0.2, 0.25) is 5.95 Å². The molecule has 0 unspecified atom stereocenters. The number of aromatic nitrogens is 5. The lowest BCUT2D eigenvalue weighted by Crippen LogP contribution is -2.38. The number of pyridine rings is 1. The van der Waals surface area contributed by atoms with Crippen molar-refractivity contribution < 1.29 is 14.3 Å². The zero-order chi connectivity index (χ0) is 26.8. The lowest BCUT2D eigenvalue weighted by molar-refractivity contribution is 0.0346. The second-order valence-corrected chi connectivity index (χ2v) is 10.7. The van der Waals surface area contributed by atoms with E-state index in [2.05, 4.69) is 32.6 Å². The third-order valence-corrected chi connectivity index (χ3v) is 8.26. The Hall–Kier alpha value is -3.50. The second kappa shape index (κ2) is 11.3. The van der Waals surface area contributed by atoms with Crippen LogP contribution >= 0.6 is 0 Å². The number of amides is 1. The van der Waals surface area contributed by atoms with Crippen LogP contribution in [0.25, 0.3) is 27.7 Å². The number of nitrogens with zero attached hydrogens (tertiary/aromatic N) is 4. The molecular formula is C29H37N7O3. The highest BCUT2D eigenvalue weighted by molar-refractivity contribution is 6.02. The monoisotopic (exact) mass is 531 g/mol. The van der Waals surface area contributed by atoms with Crippen LogP contribution in [-0.2, 0) is 9.47 Å². The molecule has 0 bridgehead atoms. The molecule has 2 saturated carbocycles. The molecule has 10 nitrogen and oxygen atoms in total. The number of H-pyrrole nitrogens is 1. The zero-order valence-corrected chi connectivity index (χ0v) is 22.7. The Kier molecular flexibility index (Phi) is 7.47. The van der Waals surface area contributed by atoms with Gasteiger partial charge >= 0.3 is 0 Å². The molecule has 0 saturated heterocycles. The van der Waals surface area contributed by atoms with Gasteiger partial charge in [0, 0.05) is 55.3 Å². The molecule has 39 heavy (non-hydrogen) atoms. The van der Waals surface area contributed by atoms with Gasteiger partial charge in [-0.1, -0.05) is 0 Å². The van der Waals surface area contributed by atoms with Crippen LogP contribution < -0.4 is 10.6 Å². The number of anilines is 1. The summed E-state index contributed by atoms with van der Waals surface area (Å²) in [6.45, 7) is 2.83. The first-order valence-electron chi connectivity index (χ1n) is 14.1. The Bertz CT molecular complexity index is 1430. The van der Waals surface area contributed by atoms with Crippen molar-refractivity contribution in [3.8, 4) is 11.1 Å². The topological polar surface area (TPSA) is 118 Å². The van der Waals surface area contributed by atoms with Crippen LogP contribution in [0.2, 0.25) is 0 Å². The zero-order valence-electron chi connectivity index (χ0n) is 22.7. The molecule has 4 aromatic rings. The van der Waals surface area contributed by atoms with Crippen molar-refractivity contribution in [2.24, 2.45) is 0 Å². The number of fused-ring (bicyclic) bond motifs is 2. The number of carbonyl (C=O) groups excluding carboxylic acids is 1. The van der Waals surface area contributed by atoms with Gasteiger partial charge in [0.15, 0.2) is 0 Å². The predicted molar refractivity (Wildman–Crippen MR) is 150 cm³/mol. The van der Waals surface area contributed by atoms with E-state index in [1.165, 1.54) is 0 Å². The molecule has 4 heterocycles. The first-order chi connectivity index (χ1) is 19.1. The van der Waals surface area contributed by atoms with Gasteiger partial charge in [-0.2, -0.15) is 10.1 Å². The molecule has 0 atom stereocenters. The first kappa shape index (κ1) is 25.8.